The van der Waals surface area contributed by atoms with Crippen molar-refractivity contribution in [2.24, 2.45) is 5.92 Å². The summed E-state index contributed by atoms with van der Waals surface area (Å²) in [6.07, 6.45) is 3.86. The molecule has 3 N–H and O–H groups in total. The molecule has 0 spiro atoms. The van der Waals surface area contributed by atoms with E-state index in [2.05, 4.69) is 34.0 Å². The van der Waals surface area contributed by atoms with Crippen LogP contribution in [0, 0.1) is 24.2 Å². The lowest BCUT2D eigenvalue weighted by molar-refractivity contribution is 0.317. The number of rotatable bonds is 8. The van der Waals surface area contributed by atoms with E-state index in [-0.39, 0.29) is 0 Å². The minimum absolute atomic E-state index is 0.573. The van der Waals surface area contributed by atoms with Gasteiger partial charge in [-0.3, -0.25) is 0 Å². The Bertz CT molecular complexity index is 1040. The maximum atomic E-state index is 9.86. The number of hydrogen-bond donors (Lipinski definition) is 3. The van der Waals surface area contributed by atoms with Crippen LogP contribution in [-0.4, -0.2) is 35.9 Å². The van der Waals surface area contributed by atoms with Crippen LogP contribution in [0.15, 0.2) is 36.5 Å². The van der Waals surface area contributed by atoms with Crippen LogP contribution in [0.1, 0.15) is 30.9 Å². The van der Waals surface area contributed by atoms with Crippen LogP contribution >= 0.6 is 0 Å². The maximum absolute atomic E-state index is 9.86. The molecule has 3 aromatic rings. The van der Waals surface area contributed by atoms with Crippen molar-refractivity contribution in [2.75, 3.05) is 36.9 Å². The van der Waals surface area contributed by atoms with Crippen molar-refractivity contribution in [3.8, 4) is 11.8 Å². The van der Waals surface area contributed by atoms with E-state index < -0.39 is 0 Å². The average Bonchev–Trinajstić information content (AvgIpc) is 3.46. The maximum Gasteiger partial charge on any atom is 0.137 e. The van der Waals surface area contributed by atoms with Gasteiger partial charge >= 0.3 is 0 Å². The monoisotopic (exact) mass is 404 g/mol. The molecule has 1 saturated heterocycles. The number of benzene rings is 1. The van der Waals surface area contributed by atoms with Crippen LogP contribution in [0.2, 0.25) is 0 Å². The highest BCUT2D eigenvalue weighted by atomic mass is 16.5. The van der Waals surface area contributed by atoms with Gasteiger partial charge in [-0.1, -0.05) is 6.92 Å². The molecular formula is C23H28N6O. The fraction of sp³-hybridized carbons (Fsp3) is 0.391. The lowest BCUT2D eigenvalue weighted by Crippen LogP contribution is -2.19. The number of nitrogens with zero attached hydrogens (tertiary/aromatic N) is 3. The summed E-state index contributed by atoms with van der Waals surface area (Å²) in [6, 6.07) is 12.2. The van der Waals surface area contributed by atoms with Crippen LogP contribution in [0.25, 0.3) is 5.52 Å². The molecule has 2 aromatic heterocycles. The highest BCUT2D eigenvalue weighted by Crippen LogP contribution is 2.33. The van der Waals surface area contributed by atoms with Gasteiger partial charge in [0.15, 0.2) is 0 Å². The first kappa shape index (κ1) is 20.0. The molecule has 1 fully saturated rings. The first-order valence-corrected chi connectivity index (χ1v) is 10.6. The van der Waals surface area contributed by atoms with Crippen molar-refractivity contribution in [2.45, 2.75) is 26.7 Å². The summed E-state index contributed by atoms with van der Waals surface area (Å²) in [4.78, 5) is 0. The number of pyridine rings is 1. The Morgan fingerprint density at radius 1 is 1.30 bits per heavy atom. The minimum Gasteiger partial charge on any atom is -0.494 e. The molecule has 7 heteroatoms. The number of hydrogen-bond acceptors (Lipinski definition) is 6. The number of nitrogens with one attached hydrogen (secondary N) is 3. The van der Waals surface area contributed by atoms with Crippen molar-refractivity contribution in [1.29, 1.82) is 5.26 Å². The molecule has 7 nitrogen and oxygen atoms in total. The lowest BCUT2D eigenvalue weighted by atomic mass is 10.1. The zero-order valence-corrected chi connectivity index (χ0v) is 17.5. The van der Waals surface area contributed by atoms with Crippen LogP contribution in [0.3, 0.4) is 0 Å². The summed E-state index contributed by atoms with van der Waals surface area (Å²) in [5.74, 6) is 2.28. The minimum atomic E-state index is 0.573. The molecule has 0 radical (unpaired) electrons. The van der Waals surface area contributed by atoms with E-state index in [0.717, 1.165) is 66.5 Å². The standard InChI is InChI=1S/C23H28N6O/c1-3-12-30-19-6-4-18(5-7-19)28-23-16(2)22(26-15-17-8-10-25-14-17)20(13-24)21-9-11-27-29(21)23/h4-7,9,11,17,25-26,28H,3,8,10,12,14-15H2,1-2H3. The first-order valence-electron chi connectivity index (χ1n) is 10.6. The van der Waals surface area contributed by atoms with Crippen molar-refractivity contribution >= 4 is 22.7 Å². The number of aromatic nitrogens is 2. The predicted molar refractivity (Wildman–Crippen MR) is 120 cm³/mol. The first-order chi connectivity index (χ1) is 14.7. The van der Waals surface area contributed by atoms with E-state index in [4.69, 9.17) is 4.74 Å². The van der Waals surface area contributed by atoms with Crippen LogP contribution in [-0.2, 0) is 0 Å². The quantitative estimate of drug-likeness (QED) is 0.525. The summed E-state index contributed by atoms with van der Waals surface area (Å²) in [5, 5.41) is 24.8. The highest BCUT2D eigenvalue weighted by molar-refractivity contribution is 5.82. The molecule has 4 rings (SSSR count). The van der Waals surface area contributed by atoms with E-state index >= 15 is 0 Å². The van der Waals surface area contributed by atoms with E-state index in [9.17, 15) is 5.26 Å². The largest absolute Gasteiger partial charge is 0.494 e. The molecular weight excluding hydrogens is 376 g/mol. The van der Waals surface area contributed by atoms with Crippen molar-refractivity contribution in [1.82, 2.24) is 14.9 Å². The molecule has 0 amide bonds. The van der Waals surface area contributed by atoms with Crippen LogP contribution in [0.4, 0.5) is 17.2 Å². The second kappa shape index (κ2) is 9.06. The third kappa shape index (κ3) is 4.05. The molecule has 0 saturated carbocycles. The molecule has 0 bridgehead atoms. The van der Waals surface area contributed by atoms with Gasteiger partial charge in [-0.25, -0.2) is 4.52 Å². The predicted octanol–water partition coefficient (Wildman–Crippen LogP) is 4.07. The van der Waals surface area contributed by atoms with Crippen molar-refractivity contribution in [3.05, 3.63) is 47.7 Å². The van der Waals surface area contributed by atoms with E-state index in [0.29, 0.717) is 18.1 Å². The molecule has 1 aliphatic heterocycles. The van der Waals surface area contributed by atoms with Crippen LogP contribution < -0.4 is 20.7 Å². The Balaban J connectivity index is 1.65. The Morgan fingerprint density at radius 2 is 2.13 bits per heavy atom. The Morgan fingerprint density at radius 3 is 2.83 bits per heavy atom. The van der Waals surface area contributed by atoms with Gasteiger partial charge in [-0.15, -0.1) is 0 Å². The van der Waals surface area contributed by atoms with Gasteiger partial charge in [-0.05, 0) is 69.1 Å². The summed E-state index contributed by atoms with van der Waals surface area (Å²) >= 11 is 0. The number of nitriles is 1. The highest BCUT2D eigenvalue weighted by Gasteiger charge is 2.20. The fourth-order valence-corrected chi connectivity index (χ4v) is 3.87. The Hall–Kier alpha value is -3.24. The van der Waals surface area contributed by atoms with E-state index in [1.807, 2.05) is 37.3 Å². The second-order valence-corrected chi connectivity index (χ2v) is 7.70. The van der Waals surface area contributed by atoms with Gasteiger partial charge in [-0.2, -0.15) is 10.4 Å². The van der Waals surface area contributed by atoms with Crippen LogP contribution in [0.5, 0.6) is 5.75 Å². The van der Waals surface area contributed by atoms with Gasteiger partial charge in [0.05, 0.1) is 24.0 Å². The summed E-state index contributed by atoms with van der Waals surface area (Å²) in [6.45, 7) is 7.74. The van der Waals surface area contributed by atoms with Gasteiger partial charge in [0.1, 0.15) is 23.2 Å². The SMILES string of the molecule is CCCOc1ccc(Nc2c(C)c(NCC3CCNC3)c(C#N)c3ccnn23)cc1. The molecule has 156 valence electrons. The number of fused-ring (bicyclic) bond motifs is 1. The third-order valence-electron chi connectivity index (χ3n) is 5.52. The third-order valence-corrected chi connectivity index (χ3v) is 5.52. The second-order valence-electron chi connectivity index (χ2n) is 7.70. The Kier molecular flexibility index (Phi) is 6.05. The topological polar surface area (TPSA) is 86.4 Å². The fourth-order valence-electron chi connectivity index (χ4n) is 3.87. The Labute approximate surface area is 177 Å². The zero-order valence-electron chi connectivity index (χ0n) is 17.5. The molecule has 1 aromatic carbocycles. The molecule has 1 aliphatic rings. The molecule has 1 atom stereocenters. The van der Waals surface area contributed by atoms with Crippen molar-refractivity contribution < 1.29 is 4.74 Å². The van der Waals surface area contributed by atoms with Gasteiger partial charge < -0.3 is 20.7 Å². The van der Waals surface area contributed by atoms with Gasteiger partial charge in [0.2, 0.25) is 0 Å². The van der Waals surface area contributed by atoms with Gasteiger partial charge in [0.25, 0.3) is 0 Å². The van der Waals surface area contributed by atoms with E-state index in [1.165, 1.54) is 0 Å². The molecule has 0 aliphatic carbocycles. The summed E-state index contributed by atoms with van der Waals surface area (Å²) in [5.41, 5.74) is 4.21. The zero-order chi connectivity index (χ0) is 20.9. The molecule has 3 heterocycles. The number of anilines is 3. The smallest absolute Gasteiger partial charge is 0.137 e. The van der Waals surface area contributed by atoms with Crippen molar-refractivity contribution in [3.63, 3.8) is 0 Å². The average molecular weight is 405 g/mol. The lowest BCUT2D eigenvalue weighted by Gasteiger charge is -2.20. The number of ether oxygens (including phenoxy) is 1. The van der Waals surface area contributed by atoms with E-state index in [1.54, 1.807) is 10.7 Å². The molecule has 30 heavy (non-hydrogen) atoms. The summed E-state index contributed by atoms with van der Waals surface area (Å²) in [7, 11) is 0. The summed E-state index contributed by atoms with van der Waals surface area (Å²) < 4.78 is 7.48. The van der Waals surface area contributed by atoms with Gasteiger partial charge in [0, 0.05) is 17.8 Å². The normalized spacial score (nSPS) is 15.8. The molecule has 1 unspecified atom stereocenters.